The van der Waals surface area contributed by atoms with E-state index in [-0.39, 0.29) is 22.6 Å². The van der Waals surface area contributed by atoms with Crippen LogP contribution in [0.3, 0.4) is 0 Å². The summed E-state index contributed by atoms with van der Waals surface area (Å²) in [4.78, 5) is 12.2. The topological polar surface area (TPSA) is 75.3 Å². The van der Waals surface area contributed by atoms with Gasteiger partial charge in [0, 0.05) is 11.4 Å². The first-order valence-corrected chi connectivity index (χ1v) is 6.78. The highest BCUT2D eigenvalue weighted by Gasteiger charge is 2.14. The Labute approximate surface area is 124 Å². The van der Waals surface area contributed by atoms with Gasteiger partial charge in [-0.15, -0.1) is 0 Å². The second-order valence-corrected chi connectivity index (χ2v) is 6.05. The van der Waals surface area contributed by atoms with Gasteiger partial charge in [0.1, 0.15) is 5.75 Å². The standard InChI is InChI=1S/C17H20N2O2/c1-17(2,3)11-4-6-12(7-5-11)19-16(21)14-10-13(20)8-9-15(14)18/h4-10,20H,18H2,1-3H3,(H,19,21). The van der Waals surface area contributed by atoms with Crippen LogP contribution in [0.15, 0.2) is 42.5 Å². The quantitative estimate of drug-likeness (QED) is 0.583. The Bertz CT molecular complexity index is 655. The zero-order valence-electron chi connectivity index (χ0n) is 12.5. The Morgan fingerprint density at radius 2 is 1.71 bits per heavy atom. The Kier molecular flexibility index (Phi) is 3.89. The van der Waals surface area contributed by atoms with Crippen LogP contribution >= 0.6 is 0 Å². The Morgan fingerprint density at radius 1 is 1.10 bits per heavy atom. The van der Waals surface area contributed by atoms with E-state index in [1.54, 1.807) is 0 Å². The predicted octanol–water partition coefficient (Wildman–Crippen LogP) is 3.52. The molecule has 4 heteroatoms. The Morgan fingerprint density at radius 3 is 2.29 bits per heavy atom. The average molecular weight is 284 g/mol. The van der Waals surface area contributed by atoms with Crippen molar-refractivity contribution in [2.45, 2.75) is 26.2 Å². The van der Waals surface area contributed by atoms with Crippen LogP contribution in [-0.4, -0.2) is 11.0 Å². The van der Waals surface area contributed by atoms with Gasteiger partial charge in [0.05, 0.1) is 5.56 Å². The lowest BCUT2D eigenvalue weighted by atomic mass is 9.87. The maximum absolute atomic E-state index is 12.2. The number of phenolic OH excluding ortho intramolecular Hbond substituents is 1. The number of anilines is 2. The number of rotatable bonds is 2. The van der Waals surface area contributed by atoms with E-state index in [1.807, 2.05) is 24.3 Å². The molecule has 0 bridgehead atoms. The van der Waals surface area contributed by atoms with Crippen LogP contribution < -0.4 is 11.1 Å². The third-order valence-electron chi connectivity index (χ3n) is 3.29. The van der Waals surface area contributed by atoms with E-state index in [9.17, 15) is 9.90 Å². The van der Waals surface area contributed by atoms with Gasteiger partial charge >= 0.3 is 0 Å². The second kappa shape index (κ2) is 5.48. The molecule has 1 amide bonds. The molecule has 110 valence electrons. The summed E-state index contributed by atoms with van der Waals surface area (Å²) < 4.78 is 0. The van der Waals surface area contributed by atoms with Crippen LogP contribution in [0.4, 0.5) is 11.4 Å². The fourth-order valence-corrected chi connectivity index (χ4v) is 1.99. The van der Waals surface area contributed by atoms with Gasteiger partial charge in [-0.05, 0) is 41.3 Å². The number of nitrogens with two attached hydrogens (primary N) is 1. The summed E-state index contributed by atoms with van der Waals surface area (Å²) in [6, 6.07) is 12.0. The van der Waals surface area contributed by atoms with Crippen LogP contribution in [-0.2, 0) is 5.41 Å². The number of carbonyl (C=O) groups excluding carboxylic acids is 1. The summed E-state index contributed by atoms with van der Waals surface area (Å²) >= 11 is 0. The average Bonchev–Trinajstić information content (AvgIpc) is 2.41. The van der Waals surface area contributed by atoms with Crippen LogP contribution in [0.5, 0.6) is 5.75 Å². The van der Waals surface area contributed by atoms with Gasteiger partial charge in [-0.1, -0.05) is 32.9 Å². The number of hydrogen-bond donors (Lipinski definition) is 3. The first-order valence-electron chi connectivity index (χ1n) is 6.78. The van der Waals surface area contributed by atoms with Gasteiger partial charge in [0.2, 0.25) is 0 Å². The minimum atomic E-state index is -0.341. The van der Waals surface area contributed by atoms with Crippen molar-refractivity contribution in [2.24, 2.45) is 0 Å². The molecule has 0 spiro atoms. The number of amides is 1. The lowest BCUT2D eigenvalue weighted by Gasteiger charge is -2.19. The van der Waals surface area contributed by atoms with Crippen molar-refractivity contribution < 1.29 is 9.90 Å². The van der Waals surface area contributed by atoms with E-state index in [4.69, 9.17) is 5.73 Å². The summed E-state index contributed by atoms with van der Waals surface area (Å²) in [5.74, 6) is -0.329. The summed E-state index contributed by atoms with van der Waals surface area (Å²) in [5.41, 5.74) is 8.29. The first kappa shape index (κ1) is 14.9. The van der Waals surface area contributed by atoms with Gasteiger partial charge in [-0.25, -0.2) is 0 Å². The van der Waals surface area contributed by atoms with Crippen molar-refractivity contribution in [1.82, 2.24) is 0 Å². The van der Waals surface area contributed by atoms with Gasteiger partial charge in [-0.3, -0.25) is 4.79 Å². The maximum atomic E-state index is 12.2. The summed E-state index contributed by atoms with van der Waals surface area (Å²) in [6.45, 7) is 6.40. The van der Waals surface area contributed by atoms with Crippen LogP contribution in [0.25, 0.3) is 0 Å². The first-order chi connectivity index (χ1) is 9.77. The molecular formula is C17H20N2O2. The van der Waals surface area contributed by atoms with Gasteiger partial charge in [0.25, 0.3) is 5.91 Å². The molecule has 0 saturated carbocycles. The van der Waals surface area contributed by atoms with Crippen LogP contribution in [0, 0.1) is 0 Å². The molecule has 4 nitrogen and oxygen atoms in total. The zero-order chi connectivity index (χ0) is 15.6. The SMILES string of the molecule is CC(C)(C)c1ccc(NC(=O)c2cc(O)ccc2N)cc1. The van der Waals surface area contributed by atoms with E-state index >= 15 is 0 Å². The summed E-state index contributed by atoms with van der Waals surface area (Å²) in [5, 5.41) is 12.2. The number of aromatic hydroxyl groups is 1. The normalized spacial score (nSPS) is 11.2. The van der Waals surface area contributed by atoms with E-state index in [0.29, 0.717) is 11.4 Å². The molecule has 0 fully saturated rings. The van der Waals surface area contributed by atoms with Crippen LogP contribution in [0.1, 0.15) is 36.7 Å². The number of nitrogen functional groups attached to an aromatic ring is 1. The van der Waals surface area contributed by atoms with Crippen molar-refractivity contribution in [3.63, 3.8) is 0 Å². The Hall–Kier alpha value is -2.49. The van der Waals surface area contributed by atoms with Crippen molar-refractivity contribution >= 4 is 17.3 Å². The van der Waals surface area contributed by atoms with E-state index < -0.39 is 0 Å². The highest BCUT2D eigenvalue weighted by Crippen LogP contribution is 2.24. The van der Waals surface area contributed by atoms with Crippen molar-refractivity contribution in [2.75, 3.05) is 11.1 Å². The molecule has 0 aromatic heterocycles. The predicted molar refractivity (Wildman–Crippen MR) is 85.6 cm³/mol. The lowest BCUT2D eigenvalue weighted by molar-refractivity contribution is 0.102. The molecule has 0 radical (unpaired) electrons. The highest BCUT2D eigenvalue weighted by molar-refractivity contribution is 6.08. The number of carbonyl (C=O) groups is 1. The second-order valence-electron chi connectivity index (χ2n) is 6.05. The minimum Gasteiger partial charge on any atom is -0.508 e. The van der Waals surface area contributed by atoms with Crippen molar-refractivity contribution in [3.8, 4) is 5.75 Å². The van der Waals surface area contributed by atoms with Gasteiger partial charge < -0.3 is 16.2 Å². The fraction of sp³-hybridized carbons (Fsp3) is 0.235. The number of benzene rings is 2. The third kappa shape index (κ3) is 3.54. The molecular weight excluding hydrogens is 264 g/mol. The van der Waals surface area contributed by atoms with E-state index in [2.05, 4.69) is 26.1 Å². The molecule has 21 heavy (non-hydrogen) atoms. The van der Waals surface area contributed by atoms with Gasteiger partial charge in [0.15, 0.2) is 0 Å². The van der Waals surface area contributed by atoms with E-state index in [0.717, 1.165) is 0 Å². The maximum Gasteiger partial charge on any atom is 0.257 e. The smallest absolute Gasteiger partial charge is 0.257 e. The van der Waals surface area contributed by atoms with Gasteiger partial charge in [-0.2, -0.15) is 0 Å². The monoisotopic (exact) mass is 284 g/mol. The van der Waals surface area contributed by atoms with Crippen LogP contribution in [0.2, 0.25) is 0 Å². The molecule has 0 aliphatic rings. The van der Waals surface area contributed by atoms with E-state index in [1.165, 1.54) is 23.8 Å². The van der Waals surface area contributed by atoms with Crippen molar-refractivity contribution in [3.05, 3.63) is 53.6 Å². The molecule has 2 aromatic carbocycles. The summed E-state index contributed by atoms with van der Waals surface area (Å²) in [6.07, 6.45) is 0. The minimum absolute atomic E-state index is 0.0115. The third-order valence-corrected chi connectivity index (χ3v) is 3.29. The molecule has 0 saturated heterocycles. The zero-order valence-corrected chi connectivity index (χ0v) is 12.5. The molecule has 0 unspecified atom stereocenters. The Balaban J connectivity index is 2.18. The fourth-order valence-electron chi connectivity index (χ4n) is 1.99. The summed E-state index contributed by atoms with van der Waals surface area (Å²) in [7, 11) is 0. The largest absolute Gasteiger partial charge is 0.508 e. The molecule has 0 aliphatic heterocycles. The number of phenols is 1. The molecule has 4 N–H and O–H groups in total. The molecule has 2 aromatic rings. The molecule has 0 atom stereocenters. The van der Waals surface area contributed by atoms with Crippen molar-refractivity contribution in [1.29, 1.82) is 0 Å². The lowest BCUT2D eigenvalue weighted by Crippen LogP contribution is -2.15. The molecule has 0 heterocycles. The molecule has 2 rings (SSSR count). The number of nitrogens with one attached hydrogen (secondary N) is 1. The molecule has 0 aliphatic carbocycles. The number of hydrogen-bond acceptors (Lipinski definition) is 3. The highest BCUT2D eigenvalue weighted by atomic mass is 16.3.